The van der Waals surface area contributed by atoms with Gasteiger partial charge in [-0.1, -0.05) is 127 Å². The Kier molecular flexibility index (Phi) is 29.4. The van der Waals surface area contributed by atoms with Gasteiger partial charge in [-0.05, 0) is 51.4 Å². The molecule has 0 aromatic rings. The minimum Gasteiger partial charge on any atom is -0.462 e. The lowest BCUT2D eigenvalue weighted by Crippen LogP contribution is -2.64. The Labute approximate surface area is 329 Å². The summed E-state index contributed by atoms with van der Waals surface area (Å²) < 4.78 is 33.3. The molecular weight excluding hydrogens is 731 g/mol. The first-order chi connectivity index (χ1) is 26.4. The Morgan fingerprint density at radius 1 is 0.582 bits per heavy atom. The van der Waals surface area contributed by atoms with Crippen LogP contribution in [-0.2, 0) is 32.7 Å². The standard InChI is InChI=1S/C41H71O13P/c1-3-5-7-9-11-13-15-16-17-18-20-22-24-26-28-30-35(43)53-33(31-51-34(42)29-27-25-23-21-19-14-12-10-8-6-4-2)32-52-55(49,50)54-41-39(47)37(45)36(44)38(46)40(41)48/h5,7,11,13,16-17,20,22,33,36-41,44-48H,3-4,6,8-10,12,14-15,18-19,21,23-32H2,1-2H3,(H,49,50)/b7-5-,13-11-,17-16-,22-20-/t33-,36?,37-,38?,39?,40?,41?/m1/s1. The van der Waals surface area contributed by atoms with Crippen LogP contribution in [0.3, 0.4) is 0 Å². The smallest absolute Gasteiger partial charge is 0.462 e. The van der Waals surface area contributed by atoms with Crippen LogP contribution in [0.15, 0.2) is 48.6 Å². The molecule has 0 bridgehead atoms. The molecule has 1 saturated carbocycles. The average Bonchev–Trinajstić information content (AvgIpc) is 3.16. The predicted octanol–water partition coefficient (Wildman–Crippen LogP) is 6.83. The summed E-state index contributed by atoms with van der Waals surface area (Å²) in [6.07, 6.45) is 21.9. The number of allylic oxidation sites excluding steroid dienone is 8. The Hall–Kier alpha value is -2.19. The number of carbonyl (C=O) groups is 2. The van der Waals surface area contributed by atoms with Gasteiger partial charge in [0.05, 0.1) is 6.61 Å². The van der Waals surface area contributed by atoms with Crippen LogP contribution >= 0.6 is 7.82 Å². The van der Waals surface area contributed by atoms with Crippen molar-refractivity contribution < 1.29 is 63.1 Å². The molecule has 13 nitrogen and oxygen atoms in total. The maximum Gasteiger partial charge on any atom is 0.472 e. The van der Waals surface area contributed by atoms with Crippen LogP contribution < -0.4 is 0 Å². The lowest BCUT2D eigenvalue weighted by molar-refractivity contribution is -0.220. The zero-order valence-corrected chi connectivity index (χ0v) is 34.1. The second kappa shape index (κ2) is 31.8. The molecule has 6 unspecified atom stereocenters. The number of hydrogen-bond donors (Lipinski definition) is 6. The lowest BCUT2D eigenvalue weighted by Gasteiger charge is -2.41. The third kappa shape index (κ3) is 24.9. The summed E-state index contributed by atoms with van der Waals surface area (Å²) in [7, 11) is -5.12. The molecule has 1 aliphatic rings. The number of phosphoric acid groups is 1. The Bertz CT molecular complexity index is 1160. The molecule has 318 valence electrons. The van der Waals surface area contributed by atoms with E-state index in [1.807, 2.05) is 6.08 Å². The van der Waals surface area contributed by atoms with E-state index in [0.717, 1.165) is 57.8 Å². The first-order valence-electron chi connectivity index (χ1n) is 20.4. The number of hydrogen-bond acceptors (Lipinski definition) is 12. The highest BCUT2D eigenvalue weighted by Gasteiger charge is 2.51. The molecule has 0 aliphatic heterocycles. The van der Waals surface area contributed by atoms with Crippen molar-refractivity contribution in [2.24, 2.45) is 0 Å². The summed E-state index contributed by atoms with van der Waals surface area (Å²) in [4.78, 5) is 35.5. The fourth-order valence-electron chi connectivity index (χ4n) is 5.86. The van der Waals surface area contributed by atoms with Crippen LogP contribution in [0.25, 0.3) is 0 Å². The zero-order chi connectivity index (χ0) is 40.7. The fraction of sp³-hybridized carbons (Fsp3) is 0.756. The third-order valence-corrected chi connectivity index (χ3v) is 10.2. The van der Waals surface area contributed by atoms with E-state index in [2.05, 4.69) is 56.4 Å². The molecular formula is C41H71O13P. The topological polar surface area (TPSA) is 210 Å². The van der Waals surface area contributed by atoms with Gasteiger partial charge in [0.25, 0.3) is 0 Å². The fourth-order valence-corrected chi connectivity index (χ4v) is 6.84. The first kappa shape index (κ1) is 50.8. The van der Waals surface area contributed by atoms with Crippen molar-refractivity contribution in [1.82, 2.24) is 0 Å². The van der Waals surface area contributed by atoms with Crippen molar-refractivity contribution in [2.75, 3.05) is 13.2 Å². The van der Waals surface area contributed by atoms with Gasteiger partial charge in [0.2, 0.25) is 0 Å². The third-order valence-electron chi connectivity index (χ3n) is 9.18. The molecule has 0 amide bonds. The lowest BCUT2D eigenvalue weighted by atomic mass is 9.85. The summed E-state index contributed by atoms with van der Waals surface area (Å²) in [5.41, 5.74) is 0. The highest BCUT2D eigenvalue weighted by Crippen LogP contribution is 2.47. The van der Waals surface area contributed by atoms with E-state index in [1.165, 1.54) is 44.9 Å². The van der Waals surface area contributed by atoms with Crippen molar-refractivity contribution in [3.05, 3.63) is 48.6 Å². The second-order valence-electron chi connectivity index (χ2n) is 14.1. The van der Waals surface area contributed by atoms with Gasteiger partial charge in [0.15, 0.2) is 6.10 Å². The Morgan fingerprint density at radius 3 is 1.58 bits per heavy atom. The van der Waals surface area contributed by atoms with E-state index in [1.54, 1.807) is 0 Å². The van der Waals surface area contributed by atoms with Crippen molar-refractivity contribution in [3.63, 3.8) is 0 Å². The van der Waals surface area contributed by atoms with Gasteiger partial charge in [-0.3, -0.25) is 18.6 Å². The molecule has 14 heteroatoms. The van der Waals surface area contributed by atoms with Crippen molar-refractivity contribution in [2.45, 2.75) is 185 Å². The van der Waals surface area contributed by atoms with Gasteiger partial charge in [-0.25, -0.2) is 4.57 Å². The normalized spacial score (nSPS) is 23.6. The largest absolute Gasteiger partial charge is 0.472 e. The molecule has 0 spiro atoms. The second-order valence-corrected chi connectivity index (χ2v) is 15.5. The average molecular weight is 803 g/mol. The number of aliphatic hydroxyl groups is 5. The number of esters is 2. The van der Waals surface area contributed by atoms with E-state index in [0.29, 0.717) is 12.8 Å². The van der Waals surface area contributed by atoms with E-state index in [9.17, 15) is 44.6 Å². The molecule has 0 radical (unpaired) electrons. The number of rotatable bonds is 32. The van der Waals surface area contributed by atoms with Gasteiger partial charge in [0.1, 0.15) is 43.2 Å². The molecule has 8 atom stereocenters. The maximum atomic E-state index is 12.8. The van der Waals surface area contributed by atoms with Crippen LogP contribution in [0.5, 0.6) is 0 Å². The van der Waals surface area contributed by atoms with Crippen molar-refractivity contribution in [1.29, 1.82) is 0 Å². The Balaban J connectivity index is 2.56. The number of phosphoric ester groups is 1. The predicted molar refractivity (Wildman–Crippen MR) is 212 cm³/mol. The van der Waals surface area contributed by atoms with Crippen molar-refractivity contribution >= 4 is 19.8 Å². The molecule has 0 aromatic heterocycles. The van der Waals surface area contributed by atoms with E-state index < -0.39 is 75.7 Å². The molecule has 0 aromatic carbocycles. The van der Waals surface area contributed by atoms with Gasteiger partial charge in [-0.15, -0.1) is 0 Å². The highest BCUT2D eigenvalue weighted by atomic mass is 31.2. The molecule has 6 N–H and O–H groups in total. The van der Waals surface area contributed by atoms with Gasteiger partial charge >= 0.3 is 19.8 Å². The Morgan fingerprint density at radius 2 is 1.04 bits per heavy atom. The molecule has 1 aliphatic carbocycles. The summed E-state index contributed by atoms with van der Waals surface area (Å²) in [5.74, 6) is -1.15. The van der Waals surface area contributed by atoms with Crippen LogP contribution in [0.1, 0.15) is 142 Å². The molecule has 1 fully saturated rings. The van der Waals surface area contributed by atoms with Gasteiger partial charge < -0.3 is 39.9 Å². The monoisotopic (exact) mass is 802 g/mol. The summed E-state index contributed by atoms with van der Waals surface area (Å²) >= 11 is 0. The SMILES string of the molecule is CC/C=C\C/C=C\C/C=C\C/C=C\CCCCC(=O)O[C@H](COC(=O)CCCCCCCCCCCCC)COP(=O)(O)OC1C(O)C(O)C(O)[C@@H](O)C1O. The van der Waals surface area contributed by atoms with Crippen molar-refractivity contribution in [3.8, 4) is 0 Å². The van der Waals surface area contributed by atoms with Gasteiger partial charge in [0, 0.05) is 12.8 Å². The molecule has 55 heavy (non-hydrogen) atoms. The summed E-state index contributed by atoms with van der Waals surface area (Å²) in [6, 6.07) is 0. The minimum atomic E-state index is -5.12. The maximum absolute atomic E-state index is 12.8. The van der Waals surface area contributed by atoms with Gasteiger partial charge in [-0.2, -0.15) is 0 Å². The van der Waals surface area contributed by atoms with Crippen LogP contribution in [0, 0.1) is 0 Å². The molecule has 1 rings (SSSR count). The van der Waals surface area contributed by atoms with E-state index in [-0.39, 0.29) is 12.8 Å². The molecule has 0 saturated heterocycles. The van der Waals surface area contributed by atoms with Crippen LogP contribution in [-0.4, -0.2) is 98.3 Å². The van der Waals surface area contributed by atoms with E-state index >= 15 is 0 Å². The quantitative estimate of drug-likeness (QED) is 0.0179. The van der Waals surface area contributed by atoms with Crippen LogP contribution in [0.4, 0.5) is 0 Å². The van der Waals surface area contributed by atoms with Crippen LogP contribution in [0.2, 0.25) is 0 Å². The molecule has 0 heterocycles. The zero-order valence-electron chi connectivity index (χ0n) is 33.2. The first-order valence-corrected chi connectivity index (χ1v) is 21.9. The number of unbranched alkanes of at least 4 members (excludes halogenated alkanes) is 12. The summed E-state index contributed by atoms with van der Waals surface area (Å²) in [5, 5.41) is 50.0. The summed E-state index contributed by atoms with van der Waals surface area (Å²) in [6.45, 7) is 3.11. The minimum absolute atomic E-state index is 0.0442. The van der Waals surface area contributed by atoms with E-state index in [4.69, 9.17) is 18.5 Å². The number of carbonyl (C=O) groups excluding carboxylic acids is 2. The highest BCUT2D eigenvalue weighted by molar-refractivity contribution is 7.47. The number of ether oxygens (including phenoxy) is 2. The number of aliphatic hydroxyl groups excluding tert-OH is 5.